The Kier molecular flexibility index (Phi) is 4.88. The van der Waals surface area contributed by atoms with E-state index in [1.54, 1.807) is 17.2 Å². The molecule has 0 unspecified atom stereocenters. The molecule has 1 aliphatic heterocycles. The zero-order valence-electron chi connectivity index (χ0n) is 12.6. The first-order valence-electron chi connectivity index (χ1n) is 7.06. The normalized spacial score (nSPS) is 16.7. The predicted molar refractivity (Wildman–Crippen MR) is 81.5 cm³/mol. The van der Waals surface area contributed by atoms with Crippen molar-refractivity contribution in [3.8, 4) is 0 Å². The largest absolute Gasteiger partial charge is 0.444 e. The topological polar surface area (TPSA) is 67.3 Å². The lowest BCUT2D eigenvalue weighted by Gasteiger charge is -2.33. The molecule has 2 rings (SSSR count). The molecule has 1 aromatic heterocycles. The van der Waals surface area contributed by atoms with Crippen molar-refractivity contribution in [3.05, 3.63) is 17.5 Å². The van der Waals surface area contributed by atoms with E-state index in [9.17, 15) is 4.79 Å². The Balaban J connectivity index is 1.82. The van der Waals surface area contributed by atoms with E-state index in [1.165, 1.54) is 0 Å². The number of amides is 1. The van der Waals surface area contributed by atoms with Gasteiger partial charge < -0.3 is 15.0 Å². The van der Waals surface area contributed by atoms with Crippen LogP contribution in [0.3, 0.4) is 0 Å². The van der Waals surface area contributed by atoms with Gasteiger partial charge in [0.05, 0.1) is 0 Å². The summed E-state index contributed by atoms with van der Waals surface area (Å²) in [7, 11) is 0. The van der Waals surface area contributed by atoms with Gasteiger partial charge in [-0.2, -0.15) is 0 Å². The summed E-state index contributed by atoms with van der Waals surface area (Å²) in [5.41, 5.74) is -0.454. The van der Waals surface area contributed by atoms with E-state index in [0.29, 0.717) is 18.9 Å². The van der Waals surface area contributed by atoms with Crippen molar-refractivity contribution < 1.29 is 9.53 Å². The van der Waals surface area contributed by atoms with Gasteiger partial charge in [0.15, 0.2) is 0 Å². The lowest BCUT2D eigenvalue weighted by molar-refractivity contribution is 0.0210. The number of carbonyl (C=O) groups is 1. The third-order valence-electron chi connectivity index (χ3n) is 3.12. The number of aromatic nitrogens is 2. The van der Waals surface area contributed by atoms with Crippen molar-refractivity contribution in [3.63, 3.8) is 0 Å². The van der Waals surface area contributed by atoms with Gasteiger partial charge in [0.1, 0.15) is 11.4 Å². The standard InChI is InChI=1S/C14H21ClN4O2/c1-14(2,3)21-13(20)19-8-5-10(6-9-19)17-11-4-7-16-12(15)18-11/h4,7,10H,5-6,8-9H2,1-3H3,(H,16,17,18). The molecule has 7 heteroatoms. The zero-order chi connectivity index (χ0) is 15.5. The van der Waals surface area contributed by atoms with Crippen LogP contribution in [-0.4, -0.2) is 45.7 Å². The highest BCUT2D eigenvalue weighted by Crippen LogP contribution is 2.18. The van der Waals surface area contributed by atoms with Gasteiger partial charge in [-0.05, 0) is 51.3 Å². The molecule has 1 N–H and O–H groups in total. The summed E-state index contributed by atoms with van der Waals surface area (Å²) >= 11 is 5.76. The molecule has 0 spiro atoms. The number of anilines is 1. The van der Waals surface area contributed by atoms with Crippen molar-refractivity contribution in [2.75, 3.05) is 18.4 Å². The molecular formula is C14H21ClN4O2. The maximum absolute atomic E-state index is 12.0. The van der Waals surface area contributed by atoms with Crippen LogP contribution in [0.1, 0.15) is 33.6 Å². The van der Waals surface area contributed by atoms with Gasteiger partial charge in [0.25, 0.3) is 0 Å². The lowest BCUT2D eigenvalue weighted by Crippen LogP contribution is -2.44. The van der Waals surface area contributed by atoms with Gasteiger partial charge in [-0.25, -0.2) is 14.8 Å². The van der Waals surface area contributed by atoms with Crippen molar-refractivity contribution in [2.45, 2.75) is 45.3 Å². The van der Waals surface area contributed by atoms with Crippen LogP contribution < -0.4 is 5.32 Å². The van der Waals surface area contributed by atoms with Crippen LogP contribution in [0.15, 0.2) is 12.3 Å². The second-order valence-electron chi connectivity index (χ2n) is 6.10. The number of ether oxygens (including phenoxy) is 1. The Bertz CT molecular complexity index is 496. The van der Waals surface area contributed by atoms with Gasteiger partial charge in [-0.15, -0.1) is 0 Å². The Morgan fingerprint density at radius 1 is 1.43 bits per heavy atom. The number of halogens is 1. The van der Waals surface area contributed by atoms with Gasteiger partial charge in [-0.1, -0.05) is 0 Å². The van der Waals surface area contributed by atoms with Crippen molar-refractivity contribution >= 4 is 23.5 Å². The molecule has 1 aromatic rings. The highest BCUT2D eigenvalue weighted by Gasteiger charge is 2.26. The molecule has 2 heterocycles. The minimum atomic E-state index is -0.454. The Morgan fingerprint density at radius 2 is 2.10 bits per heavy atom. The average molecular weight is 313 g/mol. The fourth-order valence-electron chi connectivity index (χ4n) is 2.16. The van der Waals surface area contributed by atoms with Gasteiger partial charge in [0, 0.05) is 25.3 Å². The maximum Gasteiger partial charge on any atom is 0.410 e. The summed E-state index contributed by atoms with van der Waals surface area (Å²) in [5, 5.41) is 3.54. The zero-order valence-corrected chi connectivity index (χ0v) is 13.4. The molecule has 1 aliphatic rings. The molecule has 116 valence electrons. The van der Waals surface area contributed by atoms with Crippen LogP contribution in [0.4, 0.5) is 10.6 Å². The highest BCUT2D eigenvalue weighted by atomic mass is 35.5. The summed E-state index contributed by atoms with van der Waals surface area (Å²) in [6.07, 6.45) is 3.07. The molecule has 6 nitrogen and oxygen atoms in total. The number of piperidine rings is 1. The molecule has 0 atom stereocenters. The maximum atomic E-state index is 12.0. The summed E-state index contributed by atoms with van der Waals surface area (Å²) in [6, 6.07) is 2.06. The van der Waals surface area contributed by atoms with E-state index in [2.05, 4.69) is 15.3 Å². The SMILES string of the molecule is CC(C)(C)OC(=O)N1CCC(Nc2ccnc(Cl)n2)CC1. The molecule has 0 aromatic carbocycles. The fraction of sp³-hybridized carbons (Fsp3) is 0.643. The lowest BCUT2D eigenvalue weighted by atomic mass is 10.1. The van der Waals surface area contributed by atoms with Crippen molar-refractivity contribution in [1.82, 2.24) is 14.9 Å². The molecule has 0 saturated carbocycles. The molecule has 0 bridgehead atoms. The van der Waals surface area contributed by atoms with Gasteiger partial charge >= 0.3 is 6.09 Å². The first-order chi connectivity index (χ1) is 9.83. The molecule has 0 radical (unpaired) electrons. The molecule has 0 aliphatic carbocycles. The van der Waals surface area contributed by atoms with E-state index in [1.807, 2.05) is 20.8 Å². The monoisotopic (exact) mass is 312 g/mol. The van der Waals surface area contributed by atoms with Crippen LogP contribution in [0.5, 0.6) is 0 Å². The van der Waals surface area contributed by atoms with Crippen LogP contribution >= 0.6 is 11.6 Å². The number of hydrogen-bond donors (Lipinski definition) is 1. The van der Waals surface area contributed by atoms with Crippen molar-refractivity contribution in [1.29, 1.82) is 0 Å². The first-order valence-corrected chi connectivity index (χ1v) is 7.44. The molecule has 1 fully saturated rings. The minimum absolute atomic E-state index is 0.228. The van der Waals surface area contributed by atoms with Crippen LogP contribution in [-0.2, 0) is 4.74 Å². The fourth-order valence-corrected chi connectivity index (χ4v) is 2.30. The molecule has 1 saturated heterocycles. The smallest absolute Gasteiger partial charge is 0.410 e. The van der Waals surface area contributed by atoms with Gasteiger partial charge in [0.2, 0.25) is 5.28 Å². The summed E-state index contributed by atoms with van der Waals surface area (Å²) in [5.74, 6) is 0.714. The van der Waals surface area contributed by atoms with Crippen LogP contribution in [0.25, 0.3) is 0 Å². The van der Waals surface area contributed by atoms with Crippen LogP contribution in [0, 0.1) is 0 Å². The van der Waals surface area contributed by atoms with E-state index >= 15 is 0 Å². The minimum Gasteiger partial charge on any atom is -0.444 e. The number of nitrogens with zero attached hydrogens (tertiary/aromatic N) is 3. The third-order valence-corrected chi connectivity index (χ3v) is 3.31. The Morgan fingerprint density at radius 3 is 2.67 bits per heavy atom. The van der Waals surface area contributed by atoms with E-state index in [4.69, 9.17) is 16.3 Å². The highest BCUT2D eigenvalue weighted by molar-refractivity contribution is 6.28. The number of rotatable bonds is 2. The van der Waals surface area contributed by atoms with Crippen molar-refractivity contribution in [2.24, 2.45) is 0 Å². The summed E-state index contributed by atoms with van der Waals surface area (Å²) in [4.78, 5) is 21.7. The van der Waals surface area contributed by atoms with E-state index in [-0.39, 0.29) is 17.4 Å². The number of likely N-dealkylation sites (tertiary alicyclic amines) is 1. The molecule has 1 amide bonds. The second kappa shape index (κ2) is 6.47. The Labute approximate surface area is 129 Å². The summed E-state index contributed by atoms with van der Waals surface area (Å²) < 4.78 is 5.37. The second-order valence-corrected chi connectivity index (χ2v) is 6.43. The average Bonchev–Trinajstić information content (AvgIpc) is 2.37. The number of hydrogen-bond acceptors (Lipinski definition) is 5. The van der Waals surface area contributed by atoms with E-state index < -0.39 is 5.60 Å². The molecule has 21 heavy (non-hydrogen) atoms. The third kappa shape index (κ3) is 5.04. The summed E-state index contributed by atoms with van der Waals surface area (Å²) in [6.45, 7) is 6.96. The van der Waals surface area contributed by atoms with Gasteiger partial charge in [-0.3, -0.25) is 0 Å². The number of nitrogens with one attached hydrogen (secondary N) is 1. The van der Waals surface area contributed by atoms with E-state index in [0.717, 1.165) is 12.8 Å². The number of carbonyl (C=O) groups excluding carboxylic acids is 1. The molecular weight excluding hydrogens is 292 g/mol. The predicted octanol–water partition coefficient (Wildman–Crippen LogP) is 2.94. The Hall–Kier alpha value is -1.56. The first kappa shape index (κ1) is 15.8. The quantitative estimate of drug-likeness (QED) is 0.850. The van der Waals surface area contributed by atoms with Crippen LogP contribution in [0.2, 0.25) is 5.28 Å².